The van der Waals surface area contributed by atoms with Gasteiger partial charge in [0.05, 0.1) is 6.54 Å². The fraction of sp³-hybridized carbons (Fsp3) is 0.429. The van der Waals surface area contributed by atoms with Crippen molar-refractivity contribution in [1.29, 1.82) is 0 Å². The monoisotopic (exact) mass is 479 g/mol. The number of aromatic nitrogens is 1. The van der Waals surface area contributed by atoms with E-state index in [0.29, 0.717) is 12.5 Å². The Labute approximate surface area is 179 Å². The number of pyridine rings is 1. The van der Waals surface area contributed by atoms with E-state index in [-0.39, 0.29) is 24.0 Å². The largest absolute Gasteiger partial charge is 0.370 e. The number of rotatable bonds is 4. The van der Waals surface area contributed by atoms with Gasteiger partial charge in [-0.15, -0.1) is 24.0 Å². The van der Waals surface area contributed by atoms with Crippen LogP contribution in [0.1, 0.15) is 42.4 Å². The van der Waals surface area contributed by atoms with Crippen molar-refractivity contribution in [1.82, 2.24) is 4.98 Å². The third-order valence-electron chi connectivity index (χ3n) is 4.95. The molecule has 1 aromatic heterocycles. The number of hydrogen-bond acceptors (Lipinski definition) is 3. The Kier molecular flexibility index (Phi) is 8.34. The summed E-state index contributed by atoms with van der Waals surface area (Å²) in [4.78, 5) is 11.4. The van der Waals surface area contributed by atoms with Gasteiger partial charge in [-0.05, 0) is 67.6 Å². The molecule has 0 amide bonds. The second-order valence-corrected chi connectivity index (χ2v) is 7.05. The molecule has 1 aliphatic heterocycles. The lowest BCUT2D eigenvalue weighted by molar-refractivity contribution is 0.726. The summed E-state index contributed by atoms with van der Waals surface area (Å²) in [6, 6.07) is 10.3. The maximum Gasteiger partial charge on any atom is 0.193 e. The highest BCUT2D eigenvalue weighted by molar-refractivity contribution is 14.0. The summed E-state index contributed by atoms with van der Waals surface area (Å²) in [5, 5.41) is 3.17. The number of anilines is 2. The standard InChI is InChI=1S/C21H29N5.HI/c1-16-7-8-19(13-17(16)2)25-21(22)24-15-18-9-10-23-20(14-18)26-11-5-3-4-6-12-26;/h7-10,13-14H,3-6,11-12,15H2,1-2H3,(H3,22,24,25);1H. The molecular weight excluding hydrogens is 449 g/mol. The third kappa shape index (κ3) is 6.37. The topological polar surface area (TPSA) is 66.5 Å². The minimum absolute atomic E-state index is 0. The molecule has 0 saturated carbocycles. The predicted octanol–water partition coefficient (Wildman–Crippen LogP) is 4.62. The van der Waals surface area contributed by atoms with Crippen LogP contribution in [0.15, 0.2) is 41.5 Å². The molecule has 27 heavy (non-hydrogen) atoms. The van der Waals surface area contributed by atoms with Crippen LogP contribution in [-0.4, -0.2) is 24.0 Å². The summed E-state index contributed by atoms with van der Waals surface area (Å²) in [7, 11) is 0. The summed E-state index contributed by atoms with van der Waals surface area (Å²) in [6.07, 6.45) is 7.01. The fourth-order valence-electron chi connectivity index (χ4n) is 3.21. The van der Waals surface area contributed by atoms with Gasteiger partial charge in [0.2, 0.25) is 0 Å². The Morgan fingerprint density at radius 3 is 2.52 bits per heavy atom. The smallest absolute Gasteiger partial charge is 0.193 e. The van der Waals surface area contributed by atoms with Crippen molar-refractivity contribution in [2.75, 3.05) is 23.3 Å². The second-order valence-electron chi connectivity index (χ2n) is 7.05. The lowest BCUT2D eigenvalue weighted by Gasteiger charge is -2.21. The van der Waals surface area contributed by atoms with E-state index in [1.807, 2.05) is 18.3 Å². The molecule has 2 heterocycles. The summed E-state index contributed by atoms with van der Waals surface area (Å²) in [5.74, 6) is 1.49. The Balaban J connectivity index is 0.00000261. The number of nitrogens with two attached hydrogens (primary N) is 1. The summed E-state index contributed by atoms with van der Waals surface area (Å²) in [5.41, 5.74) is 10.7. The Bertz CT molecular complexity index is 767. The van der Waals surface area contributed by atoms with E-state index in [1.54, 1.807) is 0 Å². The van der Waals surface area contributed by atoms with Gasteiger partial charge in [0.25, 0.3) is 0 Å². The average Bonchev–Trinajstić information content (AvgIpc) is 2.93. The van der Waals surface area contributed by atoms with Crippen molar-refractivity contribution in [3.63, 3.8) is 0 Å². The maximum atomic E-state index is 6.06. The van der Waals surface area contributed by atoms with Crippen molar-refractivity contribution < 1.29 is 0 Å². The van der Waals surface area contributed by atoms with E-state index < -0.39 is 0 Å². The third-order valence-corrected chi connectivity index (χ3v) is 4.95. The average molecular weight is 479 g/mol. The molecule has 3 rings (SSSR count). The van der Waals surface area contributed by atoms with Crippen LogP contribution in [0, 0.1) is 13.8 Å². The van der Waals surface area contributed by atoms with Crippen LogP contribution in [0.2, 0.25) is 0 Å². The first-order valence-electron chi connectivity index (χ1n) is 9.46. The van der Waals surface area contributed by atoms with E-state index in [9.17, 15) is 0 Å². The Hall–Kier alpha value is -1.83. The molecule has 1 aliphatic rings. The molecule has 0 bridgehead atoms. The fourth-order valence-corrected chi connectivity index (χ4v) is 3.21. The van der Waals surface area contributed by atoms with Crippen molar-refractivity contribution in [2.45, 2.75) is 46.1 Å². The molecular formula is C21H30IN5. The van der Waals surface area contributed by atoms with Crippen LogP contribution >= 0.6 is 24.0 Å². The zero-order valence-corrected chi connectivity index (χ0v) is 18.6. The molecule has 0 atom stereocenters. The lowest BCUT2D eigenvalue weighted by Crippen LogP contribution is -2.25. The molecule has 6 heteroatoms. The summed E-state index contributed by atoms with van der Waals surface area (Å²) in [6.45, 7) is 6.93. The first-order valence-corrected chi connectivity index (χ1v) is 9.46. The first kappa shape index (κ1) is 21.5. The molecule has 0 spiro atoms. The Morgan fingerprint density at radius 2 is 1.81 bits per heavy atom. The molecule has 1 saturated heterocycles. The van der Waals surface area contributed by atoms with E-state index in [1.165, 1.54) is 36.8 Å². The van der Waals surface area contributed by atoms with E-state index >= 15 is 0 Å². The van der Waals surface area contributed by atoms with Gasteiger partial charge in [0, 0.05) is 25.0 Å². The summed E-state index contributed by atoms with van der Waals surface area (Å²) < 4.78 is 0. The Morgan fingerprint density at radius 1 is 1.07 bits per heavy atom. The van der Waals surface area contributed by atoms with Gasteiger partial charge in [-0.3, -0.25) is 0 Å². The molecule has 146 valence electrons. The predicted molar refractivity (Wildman–Crippen MR) is 125 cm³/mol. The van der Waals surface area contributed by atoms with Gasteiger partial charge >= 0.3 is 0 Å². The summed E-state index contributed by atoms with van der Waals surface area (Å²) >= 11 is 0. The van der Waals surface area contributed by atoms with Crippen LogP contribution in [0.25, 0.3) is 0 Å². The van der Waals surface area contributed by atoms with Gasteiger partial charge < -0.3 is 16.0 Å². The van der Waals surface area contributed by atoms with Gasteiger partial charge in [-0.2, -0.15) is 0 Å². The molecule has 2 aromatic rings. The van der Waals surface area contributed by atoms with E-state index in [2.05, 4.69) is 52.2 Å². The molecule has 0 unspecified atom stereocenters. The number of guanidine groups is 1. The minimum Gasteiger partial charge on any atom is -0.370 e. The first-order chi connectivity index (χ1) is 12.6. The van der Waals surface area contributed by atoms with Gasteiger partial charge in [-0.25, -0.2) is 9.98 Å². The molecule has 1 aromatic carbocycles. The van der Waals surface area contributed by atoms with Crippen molar-refractivity contribution in [2.24, 2.45) is 10.7 Å². The SMILES string of the molecule is Cc1ccc(NC(N)=NCc2ccnc(N3CCCCCC3)c2)cc1C.I. The van der Waals surface area contributed by atoms with Crippen molar-refractivity contribution in [3.8, 4) is 0 Å². The number of benzene rings is 1. The number of nitrogens with one attached hydrogen (secondary N) is 1. The van der Waals surface area contributed by atoms with Crippen LogP contribution in [0.3, 0.4) is 0 Å². The van der Waals surface area contributed by atoms with Gasteiger partial charge in [-0.1, -0.05) is 18.9 Å². The van der Waals surface area contributed by atoms with Crippen LogP contribution in [0.5, 0.6) is 0 Å². The number of hydrogen-bond donors (Lipinski definition) is 2. The highest BCUT2D eigenvalue weighted by Gasteiger charge is 2.11. The molecule has 0 aliphatic carbocycles. The van der Waals surface area contributed by atoms with E-state index in [0.717, 1.165) is 30.2 Å². The van der Waals surface area contributed by atoms with Gasteiger partial charge in [0.1, 0.15) is 5.82 Å². The van der Waals surface area contributed by atoms with Crippen molar-refractivity contribution >= 4 is 41.4 Å². The zero-order valence-electron chi connectivity index (χ0n) is 16.2. The van der Waals surface area contributed by atoms with Gasteiger partial charge in [0.15, 0.2) is 5.96 Å². The normalized spacial score (nSPS) is 15.0. The highest BCUT2D eigenvalue weighted by Crippen LogP contribution is 2.19. The molecule has 5 nitrogen and oxygen atoms in total. The minimum atomic E-state index is 0. The zero-order chi connectivity index (χ0) is 18.4. The number of aryl methyl sites for hydroxylation is 2. The van der Waals surface area contributed by atoms with Crippen LogP contribution in [0.4, 0.5) is 11.5 Å². The molecule has 3 N–H and O–H groups in total. The number of aliphatic imine (C=N–C) groups is 1. The highest BCUT2D eigenvalue weighted by atomic mass is 127. The number of halogens is 1. The van der Waals surface area contributed by atoms with Crippen LogP contribution < -0.4 is 16.0 Å². The molecule has 1 fully saturated rings. The van der Waals surface area contributed by atoms with Crippen LogP contribution in [-0.2, 0) is 6.54 Å². The van der Waals surface area contributed by atoms with Crippen molar-refractivity contribution in [3.05, 3.63) is 53.2 Å². The van der Waals surface area contributed by atoms with E-state index in [4.69, 9.17) is 5.73 Å². The molecule has 0 radical (unpaired) electrons. The number of nitrogens with zero attached hydrogens (tertiary/aromatic N) is 3. The lowest BCUT2D eigenvalue weighted by atomic mass is 10.1. The second kappa shape index (κ2) is 10.5. The maximum absolute atomic E-state index is 6.06. The quantitative estimate of drug-likeness (QED) is 0.382.